The molecular weight excluding hydrogens is 414 g/mol. The molecule has 0 bridgehead atoms. The Morgan fingerprint density at radius 2 is 1.55 bits per heavy atom. The molecule has 2 aromatic carbocycles. The van der Waals surface area contributed by atoms with Crippen LogP contribution >= 0.6 is 0 Å². The van der Waals surface area contributed by atoms with E-state index in [-0.39, 0.29) is 10.6 Å². The lowest BCUT2D eigenvalue weighted by Gasteiger charge is -2.18. The average molecular weight is 440 g/mol. The lowest BCUT2D eigenvalue weighted by molar-refractivity contribution is 0.102. The summed E-state index contributed by atoms with van der Waals surface area (Å²) in [6.45, 7) is 3.32. The topological polar surface area (TPSA) is 104 Å². The van der Waals surface area contributed by atoms with Crippen LogP contribution in [0.1, 0.15) is 22.8 Å². The number of benzene rings is 2. The van der Waals surface area contributed by atoms with E-state index in [2.05, 4.69) is 5.32 Å². The van der Waals surface area contributed by atoms with Gasteiger partial charge >= 0.3 is 0 Å². The maximum atomic E-state index is 12.6. The SMILES string of the molecule is CCS(=O)(=O)N(C)c1ccc(C(=O)Nc2cc(S(=O)(=O)N(C)C)ccc2C)cc1. The van der Waals surface area contributed by atoms with Gasteiger partial charge in [-0.3, -0.25) is 9.10 Å². The molecule has 0 saturated heterocycles. The van der Waals surface area contributed by atoms with Gasteiger partial charge < -0.3 is 5.32 Å². The number of carbonyl (C=O) groups excluding carboxylic acids is 1. The van der Waals surface area contributed by atoms with E-state index in [0.717, 1.165) is 8.61 Å². The van der Waals surface area contributed by atoms with Crippen molar-refractivity contribution in [3.05, 3.63) is 53.6 Å². The highest BCUT2D eigenvalue weighted by atomic mass is 32.2. The molecule has 0 fully saturated rings. The van der Waals surface area contributed by atoms with Crippen LogP contribution in [0.25, 0.3) is 0 Å². The molecule has 0 aromatic heterocycles. The average Bonchev–Trinajstić information content (AvgIpc) is 2.68. The van der Waals surface area contributed by atoms with Crippen molar-refractivity contribution in [3.63, 3.8) is 0 Å². The van der Waals surface area contributed by atoms with Crippen molar-refractivity contribution in [1.82, 2.24) is 4.31 Å². The van der Waals surface area contributed by atoms with Crippen LogP contribution in [-0.4, -0.2) is 53.9 Å². The molecule has 1 amide bonds. The Hall–Kier alpha value is -2.43. The van der Waals surface area contributed by atoms with Crippen LogP contribution in [0.15, 0.2) is 47.4 Å². The van der Waals surface area contributed by atoms with E-state index in [1.807, 2.05) is 0 Å². The van der Waals surface area contributed by atoms with E-state index in [1.54, 1.807) is 32.0 Å². The molecule has 2 rings (SSSR count). The zero-order valence-electron chi connectivity index (χ0n) is 17.0. The van der Waals surface area contributed by atoms with E-state index < -0.39 is 26.0 Å². The number of carbonyl (C=O) groups is 1. The fourth-order valence-electron chi connectivity index (χ4n) is 2.48. The largest absolute Gasteiger partial charge is 0.322 e. The summed E-state index contributed by atoms with van der Waals surface area (Å²) in [5.41, 5.74) is 1.85. The zero-order valence-corrected chi connectivity index (χ0v) is 18.6. The van der Waals surface area contributed by atoms with Crippen molar-refractivity contribution in [2.45, 2.75) is 18.7 Å². The van der Waals surface area contributed by atoms with E-state index >= 15 is 0 Å². The van der Waals surface area contributed by atoms with Gasteiger partial charge in [0.25, 0.3) is 5.91 Å². The normalized spacial score (nSPS) is 12.1. The van der Waals surface area contributed by atoms with Crippen LogP contribution in [0.5, 0.6) is 0 Å². The molecule has 0 unspecified atom stereocenters. The monoisotopic (exact) mass is 439 g/mol. The molecule has 0 saturated carbocycles. The molecule has 0 aliphatic heterocycles. The molecule has 2 aromatic rings. The molecule has 0 aliphatic rings. The van der Waals surface area contributed by atoms with E-state index in [0.29, 0.717) is 22.5 Å². The van der Waals surface area contributed by atoms with Gasteiger partial charge in [-0.15, -0.1) is 0 Å². The van der Waals surface area contributed by atoms with Gasteiger partial charge in [-0.1, -0.05) is 6.07 Å². The molecule has 0 spiro atoms. The summed E-state index contributed by atoms with van der Waals surface area (Å²) in [7, 11) is -2.70. The molecule has 29 heavy (non-hydrogen) atoms. The first kappa shape index (κ1) is 22.9. The van der Waals surface area contributed by atoms with Gasteiger partial charge in [-0.05, 0) is 55.8 Å². The Bertz CT molecular complexity index is 1110. The van der Waals surface area contributed by atoms with Gasteiger partial charge in [-0.2, -0.15) is 0 Å². The Labute approximate surface area is 172 Å². The summed E-state index contributed by atoms with van der Waals surface area (Å²) in [5.74, 6) is -0.461. The first-order valence-corrected chi connectivity index (χ1v) is 11.9. The highest BCUT2D eigenvalue weighted by Gasteiger charge is 2.19. The number of amides is 1. The maximum Gasteiger partial charge on any atom is 0.255 e. The van der Waals surface area contributed by atoms with E-state index in [9.17, 15) is 21.6 Å². The molecule has 8 nitrogen and oxygen atoms in total. The van der Waals surface area contributed by atoms with E-state index in [4.69, 9.17) is 0 Å². The summed E-state index contributed by atoms with van der Waals surface area (Å²) in [6.07, 6.45) is 0. The van der Waals surface area contributed by atoms with Gasteiger partial charge in [0.1, 0.15) is 0 Å². The maximum absolute atomic E-state index is 12.6. The Kier molecular flexibility index (Phi) is 6.71. The molecule has 10 heteroatoms. The molecule has 1 N–H and O–H groups in total. The first-order valence-electron chi connectivity index (χ1n) is 8.81. The van der Waals surface area contributed by atoms with Gasteiger partial charge in [0, 0.05) is 32.4 Å². The number of sulfonamides is 2. The zero-order chi connectivity index (χ0) is 22.0. The Morgan fingerprint density at radius 1 is 0.966 bits per heavy atom. The van der Waals surface area contributed by atoms with Gasteiger partial charge in [0.05, 0.1) is 16.3 Å². The summed E-state index contributed by atoms with van der Waals surface area (Å²) < 4.78 is 50.8. The summed E-state index contributed by atoms with van der Waals surface area (Å²) in [5, 5.41) is 2.71. The predicted molar refractivity (Wildman–Crippen MR) is 114 cm³/mol. The summed E-state index contributed by atoms with van der Waals surface area (Å²) in [4.78, 5) is 12.7. The number of rotatable bonds is 7. The third-order valence-electron chi connectivity index (χ3n) is 4.51. The van der Waals surface area contributed by atoms with Crippen LogP contribution in [0.2, 0.25) is 0 Å². The second-order valence-corrected chi connectivity index (χ2v) is 11.1. The Balaban J connectivity index is 2.27. The third kappa shape index (κ3) is 4.95. The predicted octanol–water partition coefficient (Wildman–Crippen LogP) is 2.28. The lowest BCUT2D eigenvalue weighted by Crippen LogP contribution is -2.28. The van der Waals surface area contributed by atoms with Crippen molar-refractivity contribution >= 4 is 37.3 Å². The minimum atomic E-state index is -3.63. The van der Waals surface area contributed by atoms with Crippen molar-refractivity contribution < 1.29 is 21.6 Å². The molecular formula is C19H25N3O5S2. The smallest absolute Gasteiger partial charge is 0.255 e. The van der Waals surface area contributed by atoms with Crippen LogP contribution < -0.4 is 9.62 Å². The molecule has 0 aliphatic carbocycles. The van der Waals surface area contributed by atoms with Crippen LogP contribution in [0.3, 0.4) is 0 Å². The summed E-state index contributed by atoms with van der Waals surface area (Å²) in [6, 6.07) is 10.6. The van der Waals surface area contributed by atoms with E-state index in [1.165, 1.54) is 45.4 Å². The van der Waals surface area contributed by atoms with Crippen LogP contribution in [0.4, 0.5) is 11.4 Å². The quantitative estimate of drug-likeness (QED) is 0.713. The van der Waals surface area contributed by atoms with Crippen LogP contribution in [-0.2, 0) is 20.0 Å². The van der Waals surface area contributed by atoms with Crippen molar-refractivity contribution in [2.75, 3.05) is 36.5 Å². The molecule has 0 heterocycles. The lowest BCUT2D eigenvalue weighted by atomic mass is 10.1. The fourth-order valence-corrected chi connectivity index (χ4v) is 4.24. The second-order valence-electron chi connectivity index (χ2n) is 6.63. The Morgan fingerprint density at radius 3 is 2.07 bits per heavy atom. The van der Waals surface area contributed by atoms with Crippen molar-refractivity contribution in [1.29, 1.82) is 0 Å². The van der Waals surface area contributed by atoms with Crippen LogP contribution in [0, 0.1) is 6.92 Å². The van der Waals surface area contributed by atoms with Gasteiger partial charge in [-0.25, -0.2) is 21.1 Å². The van der Waals surface area contributed by atoms with Gasteiger partial charge in [0.2, 0.25) is 20.0 Å². The number of nitrogens with zero attached hydrogens (tertiary/aromatic N) is 2. The van der Waals surface area contributed by atoms with Crippen molar-refractivity contribution in [2.24, 2.45) is 0 Å². The van der Waals surface area contributed by atoms with Crippen molar-refractivity contribution in [3.8, 4) is 0 Å². The number of nitrogens with one attached hydrogen (secondary N) is 1. The first-order chi connectivity index (χ1) is 13.4. The molecule has 0 radical (unpaired) electrons. The third-order valence-corrected chi connectivity index (χ3v) is 8.10. The molecule has 158 valence electrons. The number of anilines is 2. The second kappa shape index (κ2) is 8.52. The standard InChI is InChI=1S/C19H25N3O5S2/c1-6-28(24,25)22(5)16-10-8-15(9-11-16)19(23)20-18-13-17(12-7-14(18)2)29(26,27)21(3)4/h7-13H,6H2,1-5H3,(H,20,23). The fraction of sp³-hybridized carbons (Fsp3) is 0.316. The molecule has 0 atom stereocenters. The minimum absolute atomic E-state index is 0.0305. The summed E-state index contributed by atoms with van der Waals surface area (Å²) >= 11 is 0. The number of hydrogen-bond acceptors (Lipinski definition) is 5. The number of hydrogen-bond donors (Lipinski definition) is 1. The van der Waals surface area contributed by atoms with Gasteiger partial charge in [0.15, 0.2) is 0 Å². The minimum Gasteiger partial charge on any atom is -0.322 e. The number of aryl methyl sites for hydroxylation is 1. The highest BCUT2D eigenvalue weighted by Crippen LogP contribution is 2.23. The highest BCUT2D eigenvalue weighted by molar-refractivity contribution is 7.92.